The Morgan fingerprint density at radius 2 is 2.27 bits per heavy atom. The SMILES string of the molecule is N#C[C@@H]1N(C(=O)Cc2ccc(Cl)s2)CCC[C@@]12CCCCO2. The maximum atomic E-state index is 12.7. The Morgan fingerprint density at radius 3 is 2.91 bits per heavy atom. The summed E-state index contributed by atoms with van der Waals surface area (Å²) in [7, 11) is 0. The van der Waals surface area contributed by atoms with Crippen molar-refractivity contribution in [3.63, 3.8) is 0 Å². The number of amides is 1. The topological polar surface area (TPSA) is 53.3 Å². The smallest absolute Gasteiger partial charge is 0.228 e. The van der Waals surface area contributed by atoms with Crippen LogP contribution in [0.25, 0.3) is 0 Å². The van der Waals surface area contributed by atoms with Gasteiger partial charge in [-0.2, -0.15) is 5.26 Å². The van der Waals surface area contributed by atoms with Crippen molar-refractivity contribution in [1.82, 2.24) is 4.90 Å². The number of thiophene rings is 1. The van der Waals surface area contributed by atoms with Crippen molar-refractivity contribution in [2.75, 3.05) is 13.2 Å². The number of carbonyl (C=O) groups is 1. The Morgan fingerprint density at radius 1 is 1.45 bits per heavy atom. The minimum Gasteiger partial charge on any atom is -0.372 e. The van der Waals surface area contributed by atoms with Crippen LogP contribution in [-0.2, 0) is 16.0 Å². The highest BCUT2D eigenvalue weighted by Crippen LogP contribution is 2.38. The van der Waals surface area contributed by atoms with Crippen molar-refractivity contribution in [1.29, 1.82) is 5.26 Å². The van der Waals surface area contributed by atoms with E-state index in [2.05, 4.69) is 6.07 Å². The van der Waals surface area contributed by atoms with E-state index in [1.165, 1.54) is 11.3 Å². The summed E-state index contributed by atoms with van der Waals surface area (Å²) in [4.78, 5) is 15.3. The van der Waals surface area contributed by atoms with Crippen LogP contribution in [0.4, 0.5) is 0 Å². The predicted molar refractivity (Wildman–Crippen MR) is 85.9 cm³/mol. The highest BCUT2D eigenvalue weighted by molar-refractivity contribution is 7.16. The quantitative estimate of drug-likeness (QED) is 0.830. The number of likely N-dealkylation sites (tertiary alicyclic amines) is 1. The van der Waals surface area contributed by atoms with Crippen LogP contribution in [-0.4, -0.2) is 35.6 Å². The number of halogens is 1. The van der Waals surface area contributed by atoms with Crippen molar-refractivity contribution in [3.05, 3.63) is 21.3 Å². The third kappa shape index (κ3) is 3.01. The zero-order valence-corrected chi connectivity index (χ0v) is 14.0. The summed E-state index contributed by atoms with van der Waals surface area (Å²) in [5.41, 5.74) is -0.450. The van der Waals surface area contributed by atoms with Crippen LogP contribution in [0.2, 0.25) is 4.34 Å². The summed E-state index contributed by atoms with van der Waals surface area (Å²) in [5, 5.41) is 9.66. The van der Waals surface area contributed by atoms with E-state index >= 15 is 0 Å². The zero-order valence-electron chi connectivity index (χ0n) is 12.4. The van der Waals surface area contributed by atoms with E-state index in [-0.39, 0.29) is 5.91 Å². The van der Waals surface area contributed by atoms with Crippen LogP contribution < -0.4 is 0 Å². The molecule has 0 bridgehead atoms. The van der Waals surface area contributed by atoms with E-state index in [1.807, 2.05) is 6.07 Å². The summed E-state index contributed by atoms with van der Waals surface area (Å²) in [6, 6.07) is 5.56. The van der Waals surface area contributed by atoms with Crippen molar-refractivity contribution in [2.24, 2.45) is 0 Å². The van der Waals surface area contributed by atoms with Crippen LogP contribution in [0.3, 0.4) is 0 Å². The molecule has 2 atom stereocenters. The van der Waals surface area contributed by atoms with Crippen molar-refractivity contribution >= 4 is 28.8 Å². The molecule has 3 rings (SSSR count). The monoisotopic (exact) mass is 338 g/mol. The Labute approximate surface area is 139 Å². The first-order chi connectivity index (χ1) is 10.6. The molecule has 4 nitrogen and oxygen atoms in total. The third-order valence-corrected chi connectivity index (χ3v) is 5.82. The molecule has 1 spiro atoms. The maximum absolute atomic E-state index is 12.7. The number of piperidine rings is 1. The number of hydrogen-bond acceptors (Lipinski definition) is 4. The minimum absolute atomic E-state index is 0.00156. The van der Waals surface area contributed by atoms with Gasteiger partial charge in [0.2, 0.25) is 5.91 Å². The lowest BCUT2D eigenvalue weighted by Crippen LogP contribution is -2.60. The number of carbonyl (C=O) groups excluding carboxylic acids is 1. The van der Waals surface area contributed by atoms with E-state index in [4.69, 9.17) is 16.3 Å². The number of rotatable bonds is 2. The number of nitriles is 1. The van der Waals surface area contributed by atoms with E-state index in [0.29, 0.717) is 23.9 Å². The van der Waals surface area contributed by atoms with Crippen LogP contribution in [0, 0.1) is 11.3 Å². The van der Waals surface area contributed by atoms with Crippen LogP contribution in [0.5, 0.6) is 0 Å². The minimum atomic E-state index is -0.468. The Kier molecular flexibility index (Phi) is 4.72. The number of hydrogen-bond donors (Lipinski definition) is 0. The van der Waals surface area contributed by atoms with Gasteiger partial charge in [-0.05, 0) is 44.2 Å². The molecular weight excluding hydrogens is 320 g/mol. The Bertz CT molecular complexity index is 584. The van der Waals surface area contributed by atoms with Gasteiger partial charge in [-0.3, -0.25) is 4.79 Å². The average molecular weight is 339 g/mol. The van der Waals surface area contributed by atoms with Gasteiger partial charge in [-0.25, -0.2) is 0 Å². The average Bonchev–Trinajstić information content (AvgIpc) is 2.93. The lowest BCUT2D eigenvalue weighted by Gasteiger charge is -2.48. The summed E-state index contributed by atoms with van der Waals surface area (Å²) < 4.78 is 6.70. The van der Waals surface area contributed by atoms with Gasteiger partial charge in [-0.15, -0.1) is 11.3 Å². The molecule has 2 aliphatic heterocycles. The lowest BCUT2D eigenvalue weighted by molar-refractivity contribution is -0.158. The second-order valence-corrected chi connectivity index (χ2v) is 7.77. The standard InChI is InChI=1S/C16H19ClN2O2S/c17-14-5-4-12(22-14)10-15(20)19-8-3-7-16(13(19)11-18)6-1-2-9-21-16/h4-5,13H,1-3,6-10H2/t13-,16-/m0/s1. The Hall–Kier alpha value is -1.09. The normalized spacial score (nSPS) is 28.5. The molecule has 0 radical (unpaired) electrons. The zero-order chi connectivity index (χ0) is 15.6. The summed E-state index contributed by atoms with van der Waals surface area (Å²) in [6.45, 7) is 1.34. The van der Waals surface area contributed by atoms with Crippen LogP contribution >= 0.6 is 22.9 Å². The van der Waals surface area contributed by atoms with Crippen molar-refractivity contribution < 1.29 is 9.53 Å². The molecule has 1 amide bonds. The maximum Gasteiger partial charge on any atom is 0.228 e. The van der Waals surface area contributed by atoms with Gasteiger partial charge in [0.05, 0.1) is 16.8 Å². The molecule has 0 unspecified atom stereocenters. The molecule has 3 heterocycles. The fourth-order valence-electron chi connectivity index (χ4n) is 3.54. The van der Waals surface area contributed by atoms with Gasteiger partial charge in [-0.1, -0.05) is 11.6 Å². The molecule has 2 saturated heterocycles. The molecule has 22 heavy (non-hydrogen) atoms. The van der Waals surface area contributed by atoms with Gasteiger partial charge in [0.1, 0.15) is 11.6 Å². The fraction of sp³-hybridized carbons (Fsp3) is 0.625. The first-order valence-electron chi connectivity index (χ1n) is 7.72. The molecule has 2 fully saturated rings. The molecule has 6 heteroatoms. The highest BCUT2D eigenvalue weighted by atomic mass is 35.5. The first kappa shape index (κ1) is 15.8. The molecule has 0 aromatic carbocycles. The van der Waals surface area contributed by atoms with E-state index in [9.17, 15) is 10.1 Å². The molecule has 118 valence electrons. The molecule has 1 aromatic heterocycles. The molecule has 0 N–H and O–H groups in total. The highest BCUT2D eigenvalue weighted by Gasteiger charge is 2.48. The van der Waals surface area contributed by atoms with E-state index in [0.717, 1.165) is 37.0 Å². The van der Waals surface area contributed by atoms with Crippen molar-refractivity contribution in [3.8, 4) is 6.07 Å². The summed E-state index contributed by atoms with van der Waals surface area (Å²) in [6.07, 6.45) is 5.07. The largest absolute Gasteiger partial charge is 0.372 e. The van der Waals surface area contributed by atoms with Gasteiger partial charge in [0.25, 0.3) is 0 Å². The summed E-state index contributed by atoms with van der Waals surface area (Å²) in [5.74, 6) is -0.00156. The van der Waals surface area contributed by atoms with Gasteiger partial charge >= 0.3 is 0 Å². The lowest BCUT2D eigenvalue weighted by atomic mass is 9.79. The first-order valence-corrected chi connectivity index (χ1v) is 8.91. The third-order valence-electron chi connectivity index (χ3n) is 4.59. The molecule has 0 saturated carbocycles. The summed E-state index contributed by atoms with van der Waals surface area (Å²) >= 11 is 7.34. The van der Waals surface area contributed by atoms with Crippen LogP contribution in [0.15, 0.2) is 12.1 Å². The van der Waals surface area contributed by atoms with Gasteiger partial charge in [0.15, 0.2) is 0 Å². The van der Waals surface area contributed by atoms with E-state index in [1.54, 1.807) is 11.0 Å². The van der Waals surface area contributed by atoms with Gasteiger partial charge in [0, 0.05) is 18.0 Å². The second kappa shape index (κ2) is 6.57. The second-order valence-electron chi connectivity index (χ2n) is 5.98. The van der Waals surface area contributed by atoms with Crippen LogP contribution in [0.1, 0.15) is 37.0 Å². The predicted octanol–water partition coefficient (Wildman–Crippen LogP) is 3.40. The molecule has 1 aromatic rings. The molecule has 0 aliphatic carbocycles. The van der Waals surface area contributed by atoms with Crippen molar-refractivity contribution in [2.45, 2.75) is 50.2 Å². The number of ether oxygens (including phenoxy) is 1. The van der Waals surface area contributed by atoms with E-state index < -0.39 is 11.6 Å². The molecule has 2 aliphatic rings. The van der Waals surface area contributed by atoms with Gasteiger partial charge < -0.3 is 9.64 Å². The number of nitrogens with zero attached hydrogens (tertiary/aromatic N) is 2. The Balaban J connectivity index is 1.76. The fourth-order valence-corrected chi connectivity index (χ4v) is 4.62. The molecular formula is C16H19ClN2O2S.